The van der Waals surface area contributed by atoms with Crippen molar-refractivity contribution in [2.75, 3.05) is 12.8 Å². The Hall–Kier alpha value is -3.47. The molecular weight excluding hydrogens is 343 g/mol. The Morgan fingerprint density at radius 1 is 0.926 bits per heavy atom. The molecule has 136 valence electrons. The summed E-state index contributed by atoms with van der Waals surface area (Å²) in [6, 6.07) is 18.7. The van der Waals surface area contributed by atoms with Gasteiger partial charge in [-0.2, -0.15) is 0 Å². The van der Waals surface area contributed by atoms with Gasteiger partial charge in [-0.25, -0.2) is 4.39 Å². The number of aromatic nitrogens is 1. The molecule has 0 fully saturated rings. The number of hydrogen-bond acceptors (Lipinski definition) is 3. The van der Waals surface area contributed by atoms with Crippen molar-refractivity contribution >= 4 is 16.6 Å². The maximum atomic E-state index is 13.7. The summed E-state index contributed by atoms with van der Waals surface area (Å²) < 4.78 is 27.2. The minimum absolute atomic E-state index is 0.00782. The second-order valence-corrected chi connectivity index (χ2v) is 6.29. The molecule has 0 atom stereocenters. The number of benzene rings is 3. The maximum Gasteiger partial charge on any atom is 0.171 e. The molecule has 0 aliphatic carbocycles. The Labute approximate surface area is 156 Å². The summed E-state index contributed by atoms with van der Waals surface area (Å²) in [4.78, 5) is 0. The monoisotopic (exact) mass is 362 g/mol. The summed E-state index contributed by atoms with van der Waals surface area (Å²) in [6.45, 7) is 2.06. The van der Waals surface area contributed by atoms with Gasteiger partial charge in [-0.3, -0.25) is 0 Å². The predicted molar refractivity (Wildman–Crippen MR) is 105 cm³/mol. The third-order valence-corrected chi connectivity index (χ3v) is 4.55. The highest BCUT2D eigenvalue weighted by Gasteiger charge is 2.16. The number of nitrogens with zero attached hydrogens (tertiary/aromatic N) is 1. The number of fused-ring (bicyclic) bond motifs is 1. The van der Waals surface area contributed by atoms with Crippen molar-refractivity contribution in [3.8, 4) is 22.9 Å². The Bertz CT molecular complexity index is 1130. The number of para-hydroxylation sites is 2. The summed E-state index contributed by atoms with van der Waals surface area (Å²) in [5.41, 5.74) is 8.94. The van der Waals surface area contributed by atoms with Crippen LogP contribution >= 0.6 is 0 Å². The highest BCUT2D eigenvalue weighted by molar-refractivity contribution is 5.89. The van der Waals surface area contributed by atoms with Crippen LogP contribution in [0.2, 0.25) is 0 Å². The molecule has 0 aliphatic rings. The second-order valence-electron chi connectivity index (χ2n) is 6.29. The molecular formula is C22H19FN2O2. The van der Waals surface area contributed by atoms with Gasteiger partial charge in [-0.15, -0.1) is 0 Å². The van der Waals surface area contributed by atoms with E-state index in [1.807, 2.05) is 42.6 Å². The van der Waals surface area contributed by atoms with Crippen molar-refractivity contribution in [2.45, 2.75) is 6.92 Å². The van der Waals surface area contributed by atoms with Gasteiger partial charge in [-0.05, 0) is 30.7 Å². The Morgan fingerprint density at radius 2 is 1.67 bits per heavy atom. The molecule has 0 bridgehead atoms. The van der Waals surface area contributed by atoms with Crippen LogP contribution in [0.15, 0.2) is 66.9 Å². The lowest BCUT2D eigenvalue weighted by Gasteiger charge is -2.11. The molecule has 0 aliphatic heterocycles. The molecule has 27 heavy (non-hydrogen) atoms. The van der Waals surface area contributed by atoms with E-state index < -0.39 is 5.82 Å². The molecule has 5 heteroatoms. The van der Waals surface area contributed by atoms with Crippen molar-refractivity contribution in [3.05, 3.63) is 78.2 Å². The lowest BCUT2D eigenvalue weighted by molar-refractivity contribution is 0.377. The van der Waals surface area contributed by atoms with Gasteiger partial charge in [0, 0.05) is 23.2 Å². The van der Waals surface area contributed by atoms with E-state index in [2.05, 4.69) is 23.6 Å². The van der Waals surface area contributed by atoms with Crippen LogP contribution < -0.4 is 15.2 Å². The molecule has 2 N–H and O–H groups in total. The molecule has 4 aromatic rings. The van der Waals surface area contributed by atoms with Crippen molar-refractivity contribution in [1.29, 1.82) is 0 Å². The Morgan fingerprint density at radius 3 is 2.44 bits per heavy atom. The van der Waals surface area contributed by atoms with Gasteiger partial charge in [0.25, 0.3) is 0 Å². The van der Waals surface area contributed by atoms with Crippen LogP contribution in [-0.2, 0) is 0 Å². The van der Waals surface area contributed by atoms with Crippen molar-refractivity contribution < 1.29 is 13.9 Å². The van der Waals surface area contributed by atoms with Crippen LogP contribution in [0.5, 0.6) is 17.2 Å². The van der Waals surface area contributed by atoms with E-state index in [0.717, 1.165) is 22.2 Å². The largest absolute Gasteiger partial charge is 0.493 e. The van der Waals surface area contributed by atoms with Crippen molar-refractivity contribution in [2.24, 2.45) is 0 Å². The molecule has 3 aromatic carbocycles. The predicted octanol–water partition coefficient (Wildman–Crippen LogP) is 5.46. The average Bonchev–Trinajstić information content (AvgIpc) is 3.03. The molecule has 1 heterocycles. The Kier molecular flexibility index (Phi) is 4.20. The molecule has 0 amide bonds. The standard InChI is InChI=1S/C22H19FN2O2/c1-14-7-3-5-9-18(14)25-13-22(15-8-4-6-10-19(15)25)27-21-12-17(24)16(23)11-20(21)26-2/h3-13H,24H2,1-2H3. The fraction of sp³-hybridized carbons (Fsp3) is 0.0909. The van der Waals surface area contributed by atoms with Crippen LogP contribution in [0, 0.1) is 12.7 Å². The summed E-state index contributed by atoms with van der Waals surface area (Å²) in [5.74, 6) is 0.748. The lowest BCUT2D eigenvalue weighted by Crippen LogP contribution is -1.96. The first-order chi connectivity index (χ1) is 13.1. The van der Waals surface area contributed by atoms with Gasteiger partial charge in [0.15, 0.2) is 17.2 Å². The van der Waals surface area contributed by atoms with Gasteiger partial charge in [0.2, 0.25) is 0 Å². The van der Waals surface area contributed by atoms with E-state index in [-0.39, 0.29) is 11.4 Å². The lowest BCUT2D eigenvalue weighted by atomic mass is 10.2. The number of anilines is 1. The first kappa shape index (κ1) is 17.0. The number of aryl methyl sites for hydroxylation is 1. The topological polar surface area (TPSA) is 49.4 Å². The van der Waals surface area contributed by atoms with Gasteiger partial charge in [0.05, 0.1) is 24.5 Å². The second kappa shape index (κ2) is 6.68. The fourth-order valence-corrected chi connectivity index (χ4v) is 3.17. The number of nitrogens with two attached hydrogens (primary N) is 1. The number of hydrogen-bond donors (Lipinski definition) is 1. The van der Waals surface area contributed by atoms with Gasteiger partial charge in [0.1, 0.15) is 5.82 Å². The first-order valence-corrected chi connectivity index (χ1v) is 8.55. The molecule has 0 spiro atoms. The van der Waals surface area contributed by atoms with Crippen LogP contribution in [0.3, 0.4) is 0 Å². The molecule has 4 nitrogen and oxygen atoms in total. The number of nitrogen functional groups attached to an aromatic ring is 1. The smallest absolute Gasteiger partial charge is 0.171 e. The van der Waals surface area contributed by atoms with Crippen LogP contribution in [0.1, 0.15) is 5.56 Å². The third kappa shape index (κ3) is 2.97. The zero-order chi connectivity index (χ0) is 19.0. The van der Waals surface area contributed by atoms with E-state index in [4.69, 9.17) is 15.2 Å². The normalized spacial score (nSPS) is 10.9. The third-order valence-electron chi connectivity index (χ3n) is 4.55. The summed E-state index contributed by atoms with van der Waals surface area (Å²) in [6.07, 6.45) is 1.92. The number of rotatable bonds is 4. The number of ether oxygens (including phenoxy) is 2. The minimum Gasteiger partial charge on any atom is -0.493 e. The van der Waals surface area contributed by atoms with E-state index in [0.29, 0.717) is 11.5 Å². The van der Waals surface area contributed by atoms with Gasteiger partial charge < -0.3 is 19.8 Å². The van der Waals surface area contributed by atoms with E-state index in [1.54, 1.807) is 0 Å². The van der Waals surface area contributed by atoms with E-state index in [1.165, 1.54) is 19.2 Å². The van der Waals surface area contributed by atoms with Crippen LogP contribution in [0.4, 0.5) is 10.1 Å². The highest BCUT2D eigenvalue weighted by atomic mass is 19.1. The van der Waals surface area contributed by atoms with Crippen LogP contribution in [-0.4, -0.2) is 11.7 Å². The zero-order valence-electron chi connectivity index (χ0n) is 15.1. The molecule has 1 aromatic heterocycles. The van der Waals surface area contributed by atoms with Crippen molar-refractivity contribution in [3.63, 3.8) is 0 Å². The highest BCUT2D eigenvalue weighted by Crippen LogP contribution is 2.39. The maximum absolute atomic E-state index is 13.7. The van der Waals surface area contributed by atoms with Crippen molar-refractivity contribution in [1.82, 2.24) is 4.57 Å². The SMILES string of the molecule is COc1cc(F)c(N)cc1Oc1cn(-c2ccccc2C)c2ccccc12. The van der Waals surface area contributed by atoms with E-state index >= 15 is 0 Å². The van der Waals surface area contributed by atoms with Gasteiger partial charge >= 0.3 is 0 Å². The Balaban J connectivity index is 1.87. The molecule has 0 radical (unpaired) electrons. The number of halogens is 1. The quantitative estimate of drug-likeness (QED) is 0.490. The summed E-state index contributed by atoms with van der Waals surface area (Å²) >= 11 is 0. The van der Waals surface area contributed by atoms with E-state index in [9.17, 15) is 4.39 Å². The molecule has 4 rings (SSSR count). The number of methoxy groups -OCH3 is 1. The molecule has 0 saturated heterocycles. The summed E-state index contributed by atoms with van der Waals surface area (Å²) in [7, 11) is 1.47. The zero-order valence-corrected chi connectivity index (χ0v) is 15.1. The van der Waals surface area contributed by atoms with Gasteiger partial charge in [-0.1, -0.05) is 30.3 Å². The summed E-state index contributed by atoms with van der Waals surface area (Å²) in [5, 5.41) is 0.936. The molecule has 0 unspecified atom stereocenters. The fourth-order valence-electron chi connectivity index (χ4n) is 3.17. The van der Waals surface area contributed by atoms with Crippen LogP contribution in [0.25, 0.3) is 16.6 Å². The first-order valence-electron chi connectivity index (χ1n) is 8.55. The minimum atomic E-state index is -0.540. The molecule has 0 saturated carbocycles. The average molecular weight is 362 g/mol.